The number of hydrogen-bond donors (Lipinski definition) is 2. The molecule has 0 atom stereocenters. The lowest BCUT2D eigenvalue weighted by atomic mass is 10.1. The molecule has 0 aliphatic carbocycles. The number of H-pyrrole nitrogens is 2. The Kier molecular flexibility index (Phi) is 4.05. The fourth-order valence-electron chi connectivity index (χ4n) is 5.17. The van der Waals surface area contributed by atoms with Crippen LogP contribution in [-0.2, 0) is 0 Å². The number of nitrogens with zero attached hydrogens (tertiary/aromatic N) is 10. The van der Waals surface area contributed by atoms with Crippen molar-refractivity contribution in [1.82, 2.24) is 59.8 Å². The number of nitrogens with one attached hydrogen (secondary N) is 2. The average molecular weight is 519 g/mol. The topological polar surface area (TPSA) is 160 Å². The first-order valence-corrected chi connectivity index (χ1v) is 12.4. The van der Waals surface area contributed by atoms with Gasteiger partial charge < -0.3 is 9.97 Å². The third-order valence-electron chi connectivity index (χ3n) is 7.04. The summed E-state index contributed by atoms with van der Waals surface area (Å²) in [6.45, 7) is 0. The second-order valence-electron chi connectivity index (χ2n) is 9.29. The smallest absolute Gasteiger partial charge is 0.166 e. The largest absolute Gasteiger partial charge is 0.324 e. The number of hydrogen-bond acceptors (Lipinski definition) is 10. The highest BCUT2D eigenvalue weighted by Gasteiger charge is 2.22. The van der Waals surface area contributed by atoms with Crippen molar-refractivity contribution in [2.24, 2.45) is 0 Å². The van der Waals surface area contributed by atoms with Gasteiger partial charge in [0.2, 0.25) is 0 Å². The molecule has 40 heavy (non-hydrogen) atoms. The van der Waals surface area contributed by atoms with E-state index in [1.54, 1.807) is 49.6 Å². The van der Waals surface area contributed by atoms with Gasteiger partial charge in [-0.15, -0.1) is 0 Å². The van der Waals surface area contributed by atoms with Crippen molar-refractivity contribution in [3.63, 3.8) is 0 Å². The molecule has 9 rings (SSSR count). The van der Waals surface area contributed by atoms with Crippen LogP contribution in [0, 0.1) is 0 Å². The van der Waals surface area contributed by atoms with E-state index in [4.69, 9.17) is 29.9 Å². The second-order valence-corrected chi connectivity index (χ2v) is 9.29. The first-order valence-electron chi connectivity index (χ1n) is 12.4. The van der Waals surface area contributed by atoms with Crippen LogP contribution in [0.5, 0.6) is 0 Å². The van der Waals surface area contributed by atoms with Crippen LogP contribution in [0.1, 0.15) is 0 Å². The maximum atomic E-state index is 4.92. The standard InChI is InChI=1S/C28H14N12/c1-5-29-9-17-13(1)21-33-25(17)38-22-15-3-7-31-11-19(15)27(35-22)40-24-16-4-8-32-12-20(16)28(36-24)39-23-14-2-6-30-10-18(14)26(34-23)37-21/h1-12H,(H2,33,34,35,36,37,38,39,40). The van der Waals surface area contributed by atoms with Crippen LogP contribution in [0.25, 0.3) is 89.7 Å². The van der Waals surface area contributed by atoms with Crippen molar-refractivity contribution in [3.8, 4) is 45.6 Å². The third kappa shape index (κ3) is 2.95. The maximum absolute atomic E-state index is 4.92. The Morgan fingerprint density at radius 1 is 0.350 bits per heavy atom. The van der Waals surface area contributed by atoms with Crippen molar-refractivity contribution < 1.29 is 0 Å². The summed E-state index contributed by atoms with van der Waals surface area (Å²) in [4.78, 5) is 53.4. The van der Waals surface area contributed by atoms with E-state index in [0.717, 1.165) is 43.8 Å². The second kappa shape index (κ2) is 7.74. The van der Waals surface area contributed by atoms with E-state index in [-0.39, 0.29) is 0 Å². The van der Waals surface area contributed by atoms with Gasteiger partial charge >= 0.3 is 0 Å². The summed E-state index contributed by atoms with van der Waals surface area (Å²) < 4.78 is 0. The first kappa shape index (κ1) is 21.0. The van der Waals surface area contributed by atoms with Crippen molar-refractivity contribution in [1.29, 1.82) is 0 Å². The zero-order chi connectivity index (χ0) is 26.2. The van der Waals surface area contributed by atoms with Gasteiger partial charge in [-0.2, -0.15) is 0 Å². The average Bonchev–Trinajstić information content (AvgIpc) is 3.73. The Morgan fingerprint density at radius 3 is 1.20 bits per heavy atom. The Hall–Kier alpha value is -6.04. The molecule has 8 bridgehead atoms. The van der Waals surface area contributed by atoms with Crippen LogP contribution in [-0.4, -0.2) is 59.8 Å². The summed E-state index contributed by atoms with van der Waals surface area (Å²) in [6.07, 6.45) is 13.9. The van der Waals surface area contributed by atoms with Gasteiger partial charge in [-0.1, -0.05) is 0 Å². The van der Waals surface area contributed by atoms with E-state index >= 15 is 0 Å². The first-order chi connectivity index (χ1) is 19.8. The van der Waals surface area contributed by atoms with Gasteiger partial charge in [-0.05, 0) is 24.3 Å². The quantitative estimate of drug-likeness (QED) is 0.293. The Labute approximate surface area is 223 Å². The molecular formula is C28H14N12. The Balaban J connectivity index is 1.51. The highest BCUT2D eigenvalue weighted by atomic mass is 15.1. The van der Waals surface area contributed by atoms with E-state index in [2.05, 4.69) is 29.9 Å². The maximum Gasteiger partial charge on any atom is 0.166 e. The minimum absolute atomic E-state index is 0.490. The summed E-state index contributed by atoms with van der Waals surface area (Å²) in [5, 5.41) is 3.31. The van der Waals surface area contributed by atoms with Gasteiger partial charge in [-0.3, -0.25) is 19.9 Å². The lowest BCUT2D eigenvalue weighted by Crippen LogP contribution is -1.83. The molecule has 2 aliphatic heterocycles. The number of aromatic nitrogens is 12. The lowest BCUT2D eigenvalue weighted by Gasteiger charge is -1.95. The van der Waals surface area contributed by atoms with Crippen LogP contribution in [0.3, 0.4) is 0 Å². The van der Waals surface area contributed by atoms with E-state index in [1.165, 1.54) is 0 Å². The molecule has 0 unspecified atom stereocenters. The van der Waals surface area contributed by atoms with Crippen LogP contribution >= 0.6 is 0 Å². The van der Waals surface area contributed by atoms with E-state index < -0.39 is 0 Å². The van der Waals surface area contributed by atoms with Crippen molar-refractivity contribution in [3.05, 3.63) is 73.8 Å². The van der Waals surface area contributed by atoms with Crippen molar-refractivity contribution in [2.75, 3.05) is 0 Å². The Bertz CT molecular complexity index is 2030. The molecule has 2 N–H and O–H groups in total. The Morgan fingerprint density at radius 2 is 0.725 bits per heavy atom. The van der Waals surface area contributed by atoms with E-state index in [1.807, 2.05) is 24.3 Å². The third-order valence-corrected chi connectivity index (χ3v) is 7.04. The van der Waals surface area contributed by atoms with Crippen molar-refractivity contribution >= 4 is 44.1 Å². The predicted molar refractivity (Wildman–Crippen MR) is 147 cm³/mol. The molecule has 186 valence electrons. The van der Waals surface area contributed by atoms with Gasteiger partial charge in [0.25, 0.3) is 0 Å². The van der Waals surface area contributed by atoms with Gasteiger partial charge in [0.1, 0.15) is 22.6 Å². The van der Waals surface area contributed by atoms with Gasteiger partial charge in [-0.25, -0.2) is 29.9 Å². The fraction of sp³-hybridized carbons (Fsp3) is 0. The van der Waals surface area contributed by atoms with E-state index in [9.17, 15) is 0 Å². The molecule has 0 saturated heterocycles. The molecule has 0 saturated carbocycles. The summed E-state index contributed by atoms with van der Waals surface area (Å²) in [7, 11) is 0. The highest BCUT2D eigenvalue weighted by molar-refractivity contribution is 6.05. The summed E-state index contributed by atoms with van der Waals surface area (Å²) in [5.74, 6) is 1.99. The molecule has 0 fully saturated rings. The highest BCUT2D eigenvalue weighted by Crippen LogP contribution is 2.35. The molecule has 12 heteroatoms. The summed E-state index contributed by atoms with van der Waals surface area (Å²) in [5.41, 5.74) is 5.55. The SMILES string of the molecule is c1cc2c(cn1)-c1nc-2nc2[nH]c(nc3nc(nc4[nH]c(n1)c1ccncc41)-c1ccncc1-3)c1ccncc21. The molecule has 9 heterocycles. The predicted octanol–water partition coefficient (Wildman–Crippen LogP) is 4.45. The van der Waals surface area contributed by atoms with Gasteiger partial charge in [0.15, 0.2) is 23.3 Å². The minimum atomic E-state index is 0.490. The molecule has 2 aliphatic rings. The van der Waals surface area contributed by atoms with Crippen LogP contribution in [0.4, 0.5) is 0 Å². The van der Waals surface area contributed by atoms with Crippen LogP contribution in [0.15, 0.2) is 73.8 Å². The number of fused-ring (bicyclic) bond motifs is 20. The lowest BCUT2D eigenvalue weighted by molar-refractivity contribution is 1.19. The van der Waals surface area contributed by atoms with Gasteiger partial charge in [0, 0.05) is 93.4 Å². The molecular weight excluding hydrogens is 504 g/mol. The minimum Gasteiger partial charge on any atom is -0.324 e. The number of rotatable bonds is 0. The fourth-order valence-corrected chi connectivity index (χ4v) is 5.17. The molecule has 0 spiro atoms. The van der Waals surface area contributed by atoms with E-state index in [0.29, 0.717) is 45.9 Å². The monoisotopic (exact) mass is 518 g/mol. The van der Waals surface area contributed by atoms with Crippen LogP contribution < -0.4 is 0 Å². The van der Waals surface area contributed by atoms with Gasteiger partial charge in [0.05, 0.1) is 0 Å². The number of aromatic amines is 2. The molecule has 0 aromatic carbocycles. The molecule has 7 aromatic heterocycles. The summed E-state index contributed by atoms with van der Waals surface area (Å²) in [6, 6.07) is 7.56. The zero-order valence-corrected chi connectivity index (χ0v) is 20.4. The summed E-state index contributed by atoms with van der Waals surface area (Å²) >= 11 is 0. The van der Waals surface area contributed by atoms with Crippen LogP contribution in [0.2, 0.25) is 0 Å². The number of pyridine rings is 4. The molecule has 12 nitrogen and oxygen atoms in total. The zero-order valence-electron chi connectivity index (χ0n) is 20.4. The molecule has 7 aromatic rings. The molecule has 0 radical (unpaired) electrons. The van der Waals surface area contributed by atoms with Crippen molar-refractivity contribution in [2.45, 2.75) is 0 Å². The normalized spacial score (nSPS) is 12.0. The molecule has 0 amide bonds.